The average molecular weight is 356 g/mol. The van der Waals surface area contributed by atoms with E-state index in [-0.39, 0.29) is 6.10 Å². The molecule has 1 aromatic heterocycles. The first-order valence-electron chi connectivity index (χ1n) is 9.04. The number of nitrogens with zero attached hydrogens (tertiary/aromatic N) is 2. The van der Waals surface area contributed by atoms with Crippen LogP contribution in [0, 0.1) is 0 Å². The van der Waals surface area contributed by atoms with Crippen molar-refractivity contribution >= 4 is 0 Å². The molecule has 1 fully saturated rings. The van der Waals surface area contributed by atoms with Crippen molar-refractivity contribution in [1.82, 2.24) is 9.88 Å². The van der Waals surface area contributed by atoms with Crippen molar-refractivity contribution in [1.29, 1.82) is 0 Å². The van der Waals surface area contributed by atoms with E-state index in [0.29, 0.717) is 19.8 Å². The van der Waals surface area contributed by atoms with Crippen LogP contribution in [0.2, 0.25) is 0 Å². The van der Waals surface area contributed by atoms with Gasteiger partial charge >= 0.3 is 0 Å². The topological polar surface area (TPSA) is 53.1 Å². The second kappa shape index (κ2) is 7.93. The largest absolute Gasteiger partial charge is 0.496 e. The van der Waals surface area contributed by atoms with Gasteiger partial charge in [-0.3, -0.25) is 9.88 Å². The zero-order valence-electron chi connectivity index (χ0n) is 15.0. The fraction of sp³-hybridized carbons (Fsp3) is 0.450. The van der Waals surface area contributed by atoms with Crippen LogP contribution in [0.3, 0.4) is 0 Å². The average Bonchev–Trinajstić information content (AvgIpc) is 2.93. The molecule has 0 aliphatic carbocycles. The highest BCUT2D eigenvalue weighted by Gasteiger charge is 2.24. The van der Waals surface area contributed by atoms with Crippen LogP contribution in [-0.2, 0) is 11.3 Å². The SMILES string of the molecule is COc1cc2c(cc1CN1CCOC(c3cccnc3)C1)OCCCO2. The molecule has 2 aliphatic heterocycles. The van der Waals surface area contributed by atoms with E-state index < -0.39 is 0 Å². The molecule has 0 radical (unpaired) electrons. The van der Waals surface area contributed by atoms with Gasteiger partial charge < -0.3 is 18.9 Å². The summed E-state index contributed by atoms with van der Waals surface area (Å²) in [6.45, 7) is 4.54. The van der Waals surface area contributed by atoms with E-state index in [1.807, 2.05) is 24.4 Å². The Balaban J connectivity index is 1.52. The summed E-state index contributed by atoms with van der Waals surface area (Å²) in [5.41, 5.74) is 2.21. The second-order valence-corrected chi connectivity index (χ2v) is 6.54. The molecule has 26 heavy (non-hydrogen) atoms. The molecule has 4 rings (SSSR count). The number of morpholine rings is 1. The predicted octanol–water partition coefficient (Wildman–Crippen LogP) is 2.83. The Morgan fingerprint density at radius 2 is 2.04 bits per heavy atom. The molecule has 1 saturated heterocycles. The Labute approximate surface area is 153 Å². The van der Waals surface area contributed by atoms with Gasteiger partial charge in [0.1, 0.15) is 5.75 Å². The number of ether oxygens (including phenoxy) is 4. The Morgan fingerprint density at radius 1 is 1.19 bits per heavy atom. The number of aromatic nitrogens is 1. The summed E-state index contributed by atoms with van der Waals surface area (Å²) in [5.74, 6) is 2.40. The molecule has 0 N–H and O–H groups in total. The van der Waals surface area contributed by atoms with Gasteiger partial charge in [-0.05, 0) is 12.1 Å². The number of fused-ring (bicyclic) bond motifs is 1. The van der Waals surface area contributed by atoms with Crippen molar-refractivity contribution in [3.63, 3.8) is 0 Å². The maximum atomic E-state index is 5.94. The van der Waals surface area contributed by atoms with Crippen LogP contribution in [0.5, 0.6) is 17.2 Å². The van der Waals surface area contributed by atoms with Crippen LogP contribution in [-0.4, -0.2) is 49.9 Å². The summed E-state index contributed by atoms with van der Waals surface area (Å²) < 4.78 is 23.1. The zero-order valence-corrected chi connectivity index (χ0v) is 15.0. The molecule has 6 nitrogen and oxygen atoms in total. The van der Waals surface area contributed by atoms with Crippen LogP contribution in [0.25, 0.3) is 0 Å². The predicted molar refractivity (Wildman–Crippen MR) is 96.8 cm³/mol. The van der Waals surface area contributed by atoms with E-state index in [0.717, 1.165) is 54.4 Å². The molecule has 0 saturated carbocycles. The van der Waals surface area contributed by atoms with Crippen LogP contribution in [0.4, 0.5) is 0 Å². The lowest BCUT2D eigenvalue weighted by Crippen LogP contribution is -2.37. The lowest BCUT2D eigenvalue weighted by molar-refractivity contribution is -0.0332. The molecule has 138 valence electrons. The van der Waals surface area contributed by atoms with Gasteiger partial charge in [0.05, 0.1) is 33.0 Å². The molecule has 1 aromatic carbocycles. The number of rotatable bonds is 4. The number of hydrogen-bond acceptors (Lipinski definition) is 6. The molecule has 2 aromatic rings. The standard InChI is InChI=1S/C20H24N2O4/c1-23-17-11-19-18(24-7-3-8-25-19)10-16(17)13-22-6-9-26-20(14-22)15-4-2-5-21-12-15/h2,4-5,10-12,20H,3,6-9,13-14H2,1H3. The van der Waals surface area contributed by atoms with E-state index in [4.69, 9.17) is 18.9 Å². The molecule has 1 atom stereocenters. The first-order valence-corrected chi connectivity index (χ1v) is 9.04. The Kier molecular flexibility index (Phi) is 5.22. The van der Waals surface area contributed by atoms with E-state index in [1.165, 1.54) is 0 Å². The van der Waals surface area contributed by atoms with Crippen LogP contribution in [0.15, 0.2) is 36.7 Å². The van der Waals surface area contributed by atoms with E-state index in [1.54, 1.807) is 13.3 Å². The lowest BCUT2D eigenvalue weighted by atomic mass is 10.1. The van der Waals surface area contributed by atoms with Gasteiger partial charge in [0.25, 0.3) is 0 Å². The van der Waals surface area contributed by atoms with E-state index in [9.17, 15) is 0 Å². The Bertz CT molecular complexity index is 738. The number of methoxy groups -OCH3 is 1. The summed E-state index contributed by atoms with van der Waals surface area (Å²) in [6.07, 6.45) is 4.60. The van der Waals surface area contributed by atoms with Gasteiger partial charge in [0.15, 0.2) is 11.5 Å². The van der Waals surface area contributed by atoms with Crippen LogP contribution in [0.1, 0.15) is 23.7 Å². The van der Waals surface area contributed by atoms with Crippen molar-refractivity contribution < 1.29 is 18.9 Å². The van der Waals surface area contributed by atoms with Gasteiger partial charge in [-0.15, -0.1) is 0 Å². The third kappa shape index (κ3) is 3.76. The normalized spacial score (nSPS) is 20.4. The van der Waals surface area contributed by atoms with Gasteiger partial charge in [0, 0.05) is 55.6 Å². The molecule has 0 spiro atoms. The number of benzene rings is 1. The maximum absolute atomic E-state index is 5.94. The minimum absolute atomic E-state index is 0.0452. The van der Waals surface area contributed by atoms with Crippen molar-refractivity contribution in [2.75, 3.05) is 40.0 Å². The Hall–Kier alpha value is -2.31. The van der Waals surface area contributed by atoms with Crippen molar-refractivity contribution in [3.05, 3.63) is 47.8 Å². The maximum Gasteiger partial charge on any atom is 0.164 e. The highest BCUT2D eigenvalue weighted by Crippen LogP contribution is 2.37. The molecule has 6 heteroatoms. The Morgan fingerprint density at radius 3 is 2.81 bits per heavy atom. The van der Waals surface area contributed by atoms with Crippen molar-refractivity contribution in [3.8, 4) is 17.2 Å². The lowest BCUT2D eigenvalue weighted by Gasteiger charge is -2.33. The summed E-state index contributed by atoms with van der Waals surface area (Å²) >= 11 is 0. The second-order valence-electron chi connectivity index (χ2n) is 6.54. The molecule has 0 bridgehead atoms. The zero-order chi connectivity index (χ0) is 17.8. The first kappa shape index (κ1) is 17.1. The molecule has 3 heterocycles. The van der Waals surface area contributed by atoms with Gasteiger partial charge in [0.2, 0.25) is 0 Å². The van der Waals surface area contributed by atoms with Gasteiger partial charge in [-0.1, -0.05) is 6.07 Å². The first-order chi connectivity index (χ1) is 12.8. The molecular formula is C20H24N2O4. The summed E-state index contributed by atoms with van der Waals surface area (Å²) in [4.78, 5) is 6.58. The van der Waals surface area contributed by atoms with Crippen LogP contribution >= 0.6 is 0 Å². The summed E-state index contributed by atoms with van der Waals surface area (Å²) in [7, 11) is 1.69. The van der Waals surface area contributed by atoms with Gasteiger partial charge in [-0.2, -0.15) is 0 Å². The fourth-order valence-electron chi connectivity index (χ4n) is 3.40. The fourth-order valence-corrected chi connectivity index (χ4v) is 3.40. The summed E-state index contributed by atoms with van der Waals surface area (Å²) in [5, 5.41) is 0. The summed E-state index contributed by atoms with van der Waals surface area (Å²) in [6, 6.07) is 8.00. The smallest absolute Gasteiger partial charge is 0.164 e. The third-order valence-corrected chi connectivity index (χ3v) is 4.75. The molecule has 1 unspecified atom stereocenters. The molecule has 2 aliphatic rings. The van der Waals surface area contributed by atoms with Gasteiger partial charge in [-0.25, -0.2) is 0 Å². The highest BCUT2D eigenvalue weighted by molar-refractivity contribution is 5.51. The van der Waals surface area contributed by atoms with Crippen molar-refractivity contribution in [2.24, 2.45) is 0 Å². The van der Waals surface area contributed by atoms with Crippen LogP contribution < -0.4 is 14.2 Å². The van der Waals surface area contributed by atoms with E-state index in [2.05, 4.69) is 16.0 Å². The number of hydrogen-bond donors (Lipinski definition) is 0. The van der Waals surface area contributed by atoms with Crippen molar-refractivity contribution in [2.45, 2.75) is 19.1 Å². The molecular weight excluding hydrogens is 332 g/mol. The third-order valence-electron chi connectivity index (χ3n) is 4.75. The molecule has 0 amide bonds. The van der Waals surface area contributed by atoms with E-state index >= 15 is 0 Å². The number of pyridine rings is 1. The monoisotopic (exact) mass is 356 g/mol. The quantitative estimate of drug-likeness (QED) is 0.840. The highest BCUT2D eigenvalue weighted by atomic mass is 16.5. The minimum Gasteiger partial charge on any atom is -0.496 e. The minimum atomic E-state index is 0.0452.